The monoisotopic (exact) mass is 498 g/mol. The third-order valence-electron chi connectivity index (χ3n) is 5.33. The van der Waals surface area contributed by atoms with Crippen molar-refractivity contribution >= 4 is 40.0 Å². The van der Waals surface area contributed by atoms with E-state index in [0.29, 0.717) is 34.4 Å². The van der Waals surface area contributed by atoms with Gasteiger partial charge in [0.2, 0.25) is 0 Å². The standard InChI is InChI=1S/C29H23ClN2O4/c1-2-35-27-16-20(14-23(17-31)29(34)32-24-9-11-25(33)12-10-24)15-26(30)28(27)36-18-19-7-8-21-5-3-4-6-22(21)13-19/h3-16,33H,2,18H2,1H3,(H,32,34)/b23-14+. The highest BCUT2D eigenvalue weighted by Gasteiger charge is 2.15. The van der Waals surface area contributed by atoms with Crippen molar-refractivity contribution in [2.45, 2.75) is 13.5 Å². The molecule has 0 unspecified atom stereocenters. The molecule has 0 atom stereocenters. The van der Waals surface area contributed by atoms with Crippen molar-refractivity contribution in [2.75, 3.05) is 11.9 Å². The maximum Gasteiger partial charge on any atom is 0.266 e. The third kappa shape index (κ3) is 5.96. The first-order valence-corrected chi connectivity index (χ1v) is 11.6. The van der Waals surface area contributed by atoms with E-state index >= 15 is 0 Å². The molecule has 0 aromatic heterocycles. The summed E-state index contributed by atoms with van der Waals surface area (Å²) in [4.78, 5) is 12.6. The van der Waals surface area contributed by atoms with Crippen LogP contribution in [0.15, 0.2) is 84.4 Å². The number of nitrogens with one attached hydrogen (secondary N) is 1. The zero-order valence-electron chi connectivity index (χ0n) is 19.5. The Balaban J connectivity index is 1.56. The molecule has 2 N–H and O–H groups in total. The second-order valence-corrected chi connectivity index (χ2v) is 8.31. The zero-order chi connectivity index (χ0) is 25.5. The average molecular weight is 499 g/mol. The molecular formula is C29H23ClN2O4. The summed E-state index contributed by atoms with van der Waals surface area (Å²) in [6, 6.07) is 25.3. The van der Waals surface area contributed by atoms with Crippen LogP contribution < -0.4 is 14.8 Å². The van der Waals surface area contributed by atoms with E-state index in [4.69, 9.17) is 21.1 Å². The molecule has 4 aromatic rings. The van der Waals surface area contributed by atoms with Crippen LogP contribution in [0.5, 0.6) is 17.2 Å². The Kier molecular flexibility index (Phi) is 7.74. The molecule has 0 bridgehead atoms. The highest BCUT2D eigenvalue weighted by molar-refractivity contribution is 6.32. The number of nitriles is 1. The van der Waals surface area contributed by atoms with Crippen LogP contribution in [-0.2, 0) is 11.4 Å². The molecule has 4 rings (SSSR count). The van der Waals surface area contributed by atoms with Crippen LogP contribution >= 0.6 is 11.6 Å². The lowest BCUT2D eigenvalue weighted by Crippen LogP contribution is -2.13. The number of nitrogens with zero attached hydrogens (tertiary/aromatic N) is 1. The molecule has 0 heterocycles. The molecule has 4 aromatic carbocycles. The smallest absolute Gasteiger partial charge is 0.266 e. The number of halogens is 1. The minimum Gasteiger partial charge on any atom is -0.508 e. The average Bonchev–Trinajstić information content (AvgIpc) is 2.88. The van der Waals surface area contributed by atoms with Crippen LogP contribution in [0.2, 0.25) is 5.02 Å². The molecule has 1 amide bonds. The van der Waals surface area contributed by atoms with Crippen LogP contribution in [-0.4, -0.2) is 17.6 Å². The van der Waals surface area contributed by atoms with E-state index in [9.17, 15) is 15.2 Å². The quantitative estimate of drug-likeness (QED) is 0.160. The lowest BCUT2D eigenvalue weighted by atomic mass is 10.1. The Labute approximate surface area is 214 Å². The van der Waals surface area contributed by atoms with Gasteiger partial charge < -0.3 is 19.9 Å². The zero-order valence-corrected chi connectivity index (χ0v) is 20.3. The van der Waals surface area contributed by atoms with E-state index in [2.05, 4.69) is 17.4 Å². The van der Waals surface area contributed by atoms with Gasteiger partial charge in [0.15, 0.2) is 11.5 Å². The molecule has 0 aliphatic rings. The number of phenolic OH excluding ortho intramolecular Hbond substituents is 1. The summed E-state index contributed by atoms with van der Waals surface area (Å²) in [5.74, 6) is 0.281. The van der Waals surface area contributed by atoms with Gasteiger partial charge in [0, 0.05) is 5.69 Å². The largest absolute Gasteiger partial charge is 0.508 e. The number of amides is 1. The molecule has 0 radical (unpaired) electrons. The van der Waals surface area contributed by atoms with Crippen molar-refractivity contribution in [3.05, 3.63) is 101 Å². The maximum absolute atomic E-state index is 12.6. The number of ether oxygens (including phenoxy) is 2. The minimum absolute atomic E-state index is 0.0741. The second kappa shape index (κ2) is 11.3. The van der Waals surface area contributed by atoms with Crippen molar-refractivity contribution in [3.63, 3.8) is 0 Å². The number of carbonyl (C=O) groups is 1. The number of hydrogen-bond acceptors (Lipinski definition) is 5. The summed E-state index contributed by atoms with van der Waals surface area (Å²) >= 11 is 6.54. The van der Waals surface area contributed by atoms with Crippen LogP contribution in [0, 0.1) is 11.3 Å². The van der Waals surface area contributed by atoms with Crippen molar-refractivity contribution in [2.24, 2.45) is 0 Å². The van der Waals surface area contributed by atoms with Gasteiger partial charge in [-0.2, -0.15) is 5.26 Å². The van der Waals surface area contributed by atoms with Gasteiger partial charge >= 0.3 is 0 Å². The molecular weight excluding hydrogens is 476 g/mol. The Morgan fingerprint density at radius 2 is 1.78 bits per heavy atom. The number of benzene rings is 4. The predicted octanol–water partition coefficient (Wildman–Crippen LogP) is 6.72. The Bertz CT molecular complexity index is 1470. The summed E-state index contributed by atoms with van der Waals surface area (Å²) in [7, 11) is 0. The number of phenols is 1. The number of rotatable bonds is 8. The molecule has 0 fully saturated rings. The van der Waals surface area contributed by atoms with Gasteiger partial charge in [0.05, 0.1) is 11.6 Å². The van der Waals surface area contributed by atoms with Gasteiger partial charge in [-0.3, -0.25) is 4.79 Å². The maximum atomic E-state index is 12.6. The summed E-state index contributed by atoms with van der Waals surface area (Å²) in [6.45, 7) is 2.51. The lowest BCUT2D eigenvalue weighted by molar-refractivity contribution is -0.112. The first-order valence-electron chi connectivity index (χ1n) is 11.3. The van der Waals surface area contributed by atoms with Crippen LogP contribution in [0.3, 0.4) is 0 Å². The third-order valence-corrected chi connectivity index (χ3v) is 5.61. The van der Waals surface area contributed by atoms with Gasteiger partial charge in [-0.05, 0) is 77.4 Å². The molecule has 0 spiro atoms. The van der Waals surface area contributed by atoms with Gasteiger partial charge in [-0.1, -0.05) is 48.0 Å². The molecule has 180 valence electrons. The van der Waals surface area contributed by atoms with Crippen LogP contribution in [0.1, 0.15) is 18.1 Å². The summed E-state index contributed by atoms with van der Waals surface area (Å²) < 4.78 is 11.8. The topological polar surface area (TPSA) is 91.6 Å². The number of carbonyl (C=O) groups excluding carboxylic acids is 1. The first kappa shape index (κ1) is 24.6. The van der Waals surface area contributed by atoms with E-state index in [1.54, 1.807) is 12.1 Å². The van der Waals surface area contributed by atoms with Crippen LogP contribution in [0.25, 0.3) is 16.8 Å². The highest BCUT2D eigenvalue weighted by Crippen LogP contribution is 2.38. The van der Waals surface area contributed by atoms with Crippen molar-refractivity contribution < 1.29 is 19.4 Å². The fourth-order valence-corrected chi connectivity index (χ4v) is 3.89. The first-order chi connectivity index (χ1) is 17.5. The number of hydrogen-bond donors (Lipinski definition) is 2. The molecule has 0 saturated carbocycles. The fraction of sp³-hybridized carbons (Fsp3) is 0.103. The molecule has 0 aliphatic heterocycles. The number of fused-ring (bicyclic) bond motifs is 1. The molecule has 6 nitrogen and oxygen atoms in total. The highest BCUT2D eigenvalue weighted by atomic mass is 35.5. The summed E-state index contributed by atoms with van der Waals surface area (Å²) in [6.07, 6.45) is 1.43. The van der Waals surface area contributed by atoms with Gasteiger partial charge in [0.25, 0.3) is 5.91 Å². The molecule has 0 saturated heterocycles. The van der Waals surface area contributed by atoms with Gasteiger partial charge in [-0.15, -0.1) is 0 Å². The van der Waals surface area contributed by atoms with Gasteiger partial charge in [0.1, 0.15) is 24.0 Å². The van der Waals surface area contributed by atoms with Crippen molar-refractivity contribution in [3.8, 4) is 23.3 Å². The van der Waals surface area contributed by atoms with E-state index in [-0.39, 0.29) is 17.9 Å². The van der Waals surface area contributed by atoms with Crippen molar-refractivity contribution in [1.82, 2.24) is 0 Å². The minimum atomic E-state index is -0.589. The van der Waals surface area contributed by atoms with E-state index in [0.717, 1.165) is 16.3 Å². The predicted molar refractivity (Wildman–Crippen MR) is 141 cm³/mol. The van der Waals surface area contributed by atoms with E-state index in [1.807, 2.05) is 43.3 Å². The SMILES string of the molecule is CCOc1cc(/C=C(\C#N)C(=O)Nc2ccc(O)cc2)cc(Cl)c1OCc1ccc2ccccc2c1. The summed E-state index contributed by atoms with van der Waals surface area (Å²) in [5, 5.41) is 24.1. The number of anilines is 1. The van der Waals surface area contributed by atoms with Gasteiger partial charge in [-0.25, -0.2) is 0 Å². The second-order valence-electron chi connectivity index (χ2n) is 7.90. The Morgan fingerprint density at radius 1 is 1.03 bits per heavy atom. The molecule has 7 heteroatoms. The number of aromatic hydroxyl groups is 1. The normalized spacial score (nSPS) is 11.1. The van der Waals surface area contributed by atoms with E-state index < -0.39 is 5.91 Å². The molecule has 0 aliphatic carbocycles. The Morgan fingerprint density at radius 3 is 2.50 bits per heavy atom. The molecule has 36 heavy (non-hydrogen) atoms. The summed E-state index contributed by atoms with van der Waals surface area (Å²) in [5.41, 5.74) is 1.82. The Hall–Kier alpha value is -4.47. The van der Waals surface area contributed by atoms with Crippen molar-refractivity contribution in [1.29, 1.82) is 5.26 Å². The van der Waals surface area contributed by atoms with E-state index in [1.165, 1.54) is 30.3 Å². The fourth-order valence-electron chi connectivity index (χ4n) is 3.62. The van der Waals surface area contributed by atoms with Crippen LogP contribution in [0.4, 0.5) is 5.69 Å². The lowest BCUT2D eigenvalue weighted by Gasteiger charge is -2.15.